The SMILES string of the molecule is Cc1ccc(NC(=O)c2c(Nc3ccccc3C)sc3c(-c4ccc(C)cc4)c(C#N)c(N)nc23)cc1. The Hall–Kier alpha value is -4.67. The molecule has 0 saturated carbocycles. The number of nitriles is 1. The highest BCUT2D eigenvalue weighted by atomic mass is 32.1. The van der Waals surface area contributed by atoms with Gasteiger partial charge in [-0.25, -0.2) is 4.98 Å². The van der Waals surface area contributed by atoms with E-state index < -0.39 is 0 Å². The van der Waals surface area contributed by atoms with E-state index >= 15 is 0 Å². The first-order chi connectivity index (χ1) is 17.9. The van der Waals surface area contributed by atoms with E-state index in [2.05, 4.69) is 21.7 Å². The molecule has 0 atom stereocenters. The molecule has 0 bridgehead atoms. The molecule has 2 heterocycles. The molecule has 182 valence electrons. The van der Waals surface area contributed by atoms with Gasteiger partial charge in [0.05, 0.1) is 10.2 Å². The second kappa shape index (κ2) is 9.76. The van der Waals surface area contributed by atoms with Crippen LogP contribution in [0.15, 0.2) is 72.8 Å². The van der Waals surface area contributed by atoms with Gasteiger partial charge in [-0.3, -0.25) is 4.79 Å². The summed E-state index contributed by atoms with van der Waals surface area (Å²) in [7, 11) is 0. The summed E-state index contributed by atoms with van der Waals surface area (Å²) in [5.41, 5.74) is 13.8. The van der Waals surface area contributed by atoms with Crippen LogP contribution in [0, 0.1) is 32.1 Å². The third-order valence-electron chi connectivity index (χ3n) is 6.23. The molecular weight excluding hydrogens is 478 g/mol. The van der Waals surface area contributed by atoms with Gasteiger partial charge in [-0.1, -0.05) is 65.7 Å². The van der Waals surface area contributed by atoms with Gasteiger partial charge in [0.1, 0.15) is 28.0 Å². The number of hydrogen-bond donors (Lipinski definition) is 3. The van der Waals surface area contributed by atoms with Gasteiger partial charge < -0.3 is 16.4 Å². The summed E-state index contributed by atoms with van der Waals surface area (Å²) < 4.78 is 0.722. The fourth-order valence-electron chi connectivity index (χ4n) is 4.19. The highest BCUT2D eigenvalue weighted by molar-refractivity contribution is 7.24. The number of hydrogen-bond acceptors (Lipinski definition) is 6. The molecule has 7 heteroatoms. The van der Waals surface area contributed by atoms with Crippen LogP contribution in [-0.4, -0.2) is 10.9 Å². The molecule has 4 N–H and O–H groups in total. The second-order valence-corrected chi connectivity index (χ2v) is 9.99. The summed E-state index contributed by atoms with van der Waals surface area (Å²) in [4.78, 5) is 18.3. The van der Waals surface area contributed by atoms with E-state index in [1.165, 1.54) is 11.3 Å². The lowest BCUT2D eigenvalue weighted by Crippen LogP contribution is -2.13. The molecule has 0 fully saturated rings. The lowest BCUT2D eigenvalue weighted by molar-refractivity contribution is 0.102. The van der Waals surface area contributed by atoms with Crippen molar-refractivity contribution < 1.29 is 4.79 Å². The van der Waals surface area contributed by atoms with Crippen LogP contribution in [0.1, 0.15) is 32.6 Å². The third-order valence-corrected chi connectivity index (χ3v) is 7.34. The number of carbonyl (C=O) groups excluding carboxylic acids is 1. The van der Waals surface area contributed by atoms with Crippen molar-refractivity contribution in [2.45, 2.75) is 20.8 Å². The zero-order chi connectivity index (χ0) is 26.1. The predicted octanol–water partition coefficient (Wildman–Crippen LogP) is 7.34. The van der Waals surface area contributed by atoms with Crippen molar-refractivity contribution in [1.82, 2.24) is 4.98 Å². The van der Waals surface area contributed by atoms with Crippen LogP contribution in [0.2, 0.25) is 0 Å². The number of nitrogens with zero attached hydrogens (tertiary/aromatic N) is 2. The first-order valence-electron chi connectivity index (χ1n) is 11.8. The minimum absolute atomic E-state index is 0.0928. The van der Waals surface area contributed by atoms with Crippen LogP contribution in [0.5, 0.6) is 0 Å². The summed E-state index contributed by atoms with van der Waals surface area (Å²) in [5.74, 6) is -0.215. The highest BCUT2D eigenvalue weighted by Crippen LogP contribution is 2.44. The molecule has 1 amide bonds. The van der Waals surface area contributed by atoms with Crippen molar-refractivity contribution >= 4 is 49.7 Å². The van der Waals surface area contributed by atoms with E-state index in [0.717, 1.165) is 32.6 Å². The smallest absolute Gasteiger partial charge is 0.260 e. The first kappa shape index (κ1) is 24.0. The minimum atomic E-state index is -0.308. The van der Waals surface area contributed by atoms with Crippen molar-refractivity contribution in [2.24, 2.45) is 0 Å². The third kappa shape index (κ3) is 4.63. The van der Waals surface area contributed by atoms with Crippen LogP contribution in [0.4, 0.5) is 22.2 Å². The first-order valence-corrected chi connectivity index (χ1v) is 12.6. The fraction of sp³-hybridized carbons (Fsp3) is 0.100. The Kier molecular flexibility index (Phi) is 6.34. The molecule has 5 aromatic rings. The number of para-hydroxylation sites is 1. The maximum Gasteiger partial charge on any atom is 0.260 e. The number of aromatic nitrogens is 1. The number of amides is 1. The summed E-state index contributed by atoms with van der Waals surface area (Å²) in [6.45, 7) is 6.01. The summed E-state index contributed by atoms with van der Waals surface area (Å²) in [5, 5.41) is 17.1. The van der Waals surface area contributed by atoms with Gasteiger partial charge in [-0.05, 0) is 50.1 Å². The lowest BCUT2D eigenvalue weighted by Gasteiger charge is -2.11. The Balaban J connectivity index is 1.75. The van der Waals surface area contributed by atoms with Crippen molar-refractivity contribution in [2.75, 3.05) is 16.4 Å². The number of fused-ring (bicyclic) bond motifs is 1. The van der Waals surface area contributed by atoms with Crippen molar-refractivity contribution in [1.29, 1.82) is 5.26 Å². The number of nitrogens with one attached hydrogen (secondary N) is 2. The van der Waals surface area contributed by atoms with Gasteiger partial charge in [0.15, 0.2) is 0 Å². The van der Waals surface area contributed by atoms with Gasteiger partial charge in [0.2, 0.25) is 0 Å². The van der Waals surface area contributed by atoms with Gasteiger partial charge in [-0.2, -0.15) is 5.26 Å². The number of aryl methyl sites for hydroxylation is 3. The molecule has 37 heavy (non-hydrogen) atoms. The normalized spacial score (nSPS) is 10.8. The lowest BCUT2D eigenvalue weighted by atomic mass is 9.99. The van der Waals surface area contributed by atoms with Crippen molar-refractivity contribution in [3.8, 4) is 17.2 Å². The van der Waals surface area contributed by atoms with Crippen molar-refractivity contribution in [3.05, 3.63) is 101 Å². The largest absolute Gasteiger partial charge is 0.383 e. The number of benzene rings is 3. The monoisotopic (exact) mass is 503 g/mol. The topological polar surface area (TPSA) is 104 Å². The van der Waals surface area contributed by atoms with Crippen LogP contribution < -0.4 is 16.4 Å². The average Bonchev–Trinajstić information content (AvgIpc) is 3.24. The molecule has 5 rings (SSSR count). The molecule has 0 aliphatic rings. The van der Waals surface area contributed by atoms with Gasteiger partial charge in [0.25, 0.3) is 5.91 Å². The standard InChI is InChI=1S/C30H25N5OS/c1-17-8-12-20(13-9-17)24-22(16-31)28(32)35-26-25(29(36)33-21-14-10-18(2)11-15-21)30(37-27(24)26)34-23-7-5-4-6-19(23)3/h4-15,34H,1-3H3,(H2,32,35)(H,33,36). The number of anilines is 4. The van der Waals surface area contributed by atoms with Crippen LogP contribution in [0.25, 0.3) is 21.3 Å². The number of thiophene rings is 1. The molecule has 0 spiro atoms. The Morgan fingerprint density at radius 2 is 1.59 bits per heavy atom. The van der Waals surface area contributed by atoms with E-state index in [-0.39, 0.29) is 11.7 Å². The maximum atomic E-state index is 13.7. The Bertz CT molecular complexity index is 1680. The van der Waals surface area contributed by atoms with Crippen LogP contribution >= 0.6 is 11.3 Å². The van der Waals surface area contributed by atoms with Gasteiger partial charge in [-0.15, -0.1) is 11.3 Å². The number of nitrogens with two attached hydrogens (primary N) is 1. The van der Waals surface area contributed by atoms with E-state index in [1.54, 1.807) is 0 Å². The predicted molar refractivity (Wildman–Crippen MR) is 153 cm³/mol. The Labute approximate surface area is 219 Å². The molecule has 0 radical (unpaired) electrons. The van der Waals surface area contributed by atoms with E-state index in [0.29, 0.717) is 32.9 Å². The molecule has 0 unspecified atom stereocenters. The number of rotatable bonds is 5. The van der Waals surface area contributed by atoms with Crippen LogP contribution in [-0.2, 0) is 0 Å². The van der Waals surface area contributed by atoms with Crippen LogP contribution in [0.3, 0.4) is 0 Å². The molecule has 0 saturated heterocycles. The number of carbonyl (C=O) groups is 1. The number of nitrogen functional groups attached to an aromatic ring is 1. The summed E-state index contributed by atoms with van der Waals surface area (Å²) >= 11 is 1.39. The molecule has 0 aliphatic carbocycles. The summed E-state index contributed by atoms with van der Waals surface area (Å²) in [6, 6.07) is 25.6. The highest BCUT2D eigenvalue weighted by Gasteiger charge is 2.26. The second-order valence-electron chi connectivity index (χ2n) is 8.97. The van der Waals surface area contributed by atoms with E-state index in [1.807, 2.05) is 93.6 Å². The Morgan fingerprint density at radius 1 is 0.946 bits per heavy atom. The van der Waals surface area contributed by atoms with Gasteiger partial charge in [0, 0.05) is 16.9 Å². The molecular formula is C30H25N5OS. The maximum absolute atomic E-state index is 13.7. The fourth-order valence-corrected chi connectivity index (χ4v) is 5.41. The minimum Gasteiger partial charge on any atom is -0.383 e. The zero-order valence-electron chi connectivity index (χ0n) is 20.7. The Morgan fingerprint density at radius 3 is 2.24 bits per heavy atom. The molecule has 2 aromatic heterocycles. The average molecular weight is 504 g/mol. The molecule has 3 aromatic carbocycles. The summed E-state index contributed by atoms with van der Waals surface area (Å²) in [6.07, 6.45) is 0. The number of pyridine rings is 1. The van der Waals surface area contributed by atoms with Crippen molar-refractivity contribution in [3.63, 3.8) is 0 Å². The van der Waals surface area contributed by atoms with E-state index in [9.17, 15) is 10.1 Å². The van der Waals surface area contributed by atoms with Gasteiger partial charge >= 0.3 is 0 Å². The molecule has 0 aliphatic heterocycles. The quantitative estimate of drug-likeness (QED) is 0.233. The molecule has 6 nitrogen and oxygen atoms in total. The zero-order valence-corrected chi connectivity index (χ0v) is 21.5. The van der Waals surface area contributed by atoms with E-state index in [4.69, 9.17) is 5.73 Å².